The molecule has 1 saturated heterocycles. The van der Waals surface area contributed by atoms with Crippen LogP contribution in [0.5, 0.6) is 0 Å². The molecule has 3 heterocycles. The Morgan fingerprint density at radius 1 is 1.27 bits per heavy atom. The van der Waals surface area contributed by atoms with Crippen LogP contribution in [0.1, 0.15) is 28.6 Å². The van der Waals surface area contributed by atoms with Gasteiger partial charge < -0.3 is 15.8 Å². The summed E-state index contributed by atoms with van der Waals surface area (Å²) in [6.45, 7) is 0.475. The molecule has 3 N–H and O–H groups in total. The summed E-state index contributed by atoms with van der Waals surface area (Å²) in [6.07, 6.45) is 1.25. The third-order valence-electron chi connectivity index (χ3n) is 3.60. The molecule has 0 radical (unpaired) electrons. The summed E-state index contributed by atoms with van der Waals surface area (Å²) >= 11 is 3.30. The first kappa shape index (κ1) is 17.4. The molecule has 22 heavy (non-hydrogen) atoms. The first-order valence-electron chi connectivity index (χ1n) is 7.00. The third-order valence-corrected chi connectivity index (χ3v) is 5.48. The first-order valence-corrected chi connectivity index (χ1v) is 8.76. The number of thiophene rings is 2. The number of ether oxygens (including phenoxy) is 1. The molecule has 7 heteroatoms. The highest BCUT2D eigenvalue weighted by atomic mass is 35.5. The Morgan fingerprint density at radius 3 is 2.36 bits per heavy atom. The van der Waals surface area contributed by atoms with Crippen LogP contribution in [0.3, 0.4) is 0 Å². The molecule has 1 aliphatic rings. The zero-order chi connectivity index (χ0) is 14.7. The molecule has 1 fully saturated rings. The average Bonchev–Trinajstić information content (AvgIpc) is 3.26. The van der Waals surface area contributed by atoms with Crippen molar-refractivity contribution >= 4 is 41.0 Å². The van der Waals surface area contributed by atoms with Gasteiger partial charge in [-0.1, -0.05) is 12.1 Å². The van der Waals surface area contributed by atoms with Gasteiger partial charge in [-0.25, -0.2) is 0 Å². The molecule has 120 valence electrons. The number of hydrogen-bond acceptors (Lipinski definition) is 5. The monoisotopic (exact) mass is 358 g/mol. The van der Waals surface area contributed by atoms with Crippen LogP contribution < -0.4 is 11.1 Å². The Hall–Kier alpha value is -0.920. The van der Waals surface area contributed by atoms with E-state index in [-0.39, 0.29) is 36.6 Å². The van der Waals surface area contributed by atoms with E-state index in [9.17, 15) is 4.79 Å². The minimum Gasteiger partial charge on any atom is -0.364 e. The van der Waals surface area contributed by atoms with Gasteiger partial charge in [0.25, 0.3) is 0 Å². The topological polar surface area (TPSA) is 64.4 Å². The fourth-order valence-electron chi connectivity index (χ4n) is 2.50. The lowest BCUT2D eigenvalue weighted by Gasteiger charge is -2.19. The highest BCUT2D eigenvalue weighted by Gasteiger charge is 2.31. The molecule has 3 rings (SSSR count). The van der Waals surface area contributed by atoms with Crippen LogP contribution in [0, 0.1) is 0 Å². The number of nitrogens with one attached hydrogen (secondary N) is 1. The number of rotatable bonds is 5. The lowest BCUT2D eigenvalue weighted by atomic mass is 10.1. The molecular weight excluding hydrogens is 340 g/mol. The molecule has 0 aliphatic carbocycles. The second-order valence-corrected chi connectivity index (χ2v) is 6.99. The van der Waals surface area contributed by atoms with E-state index in [0.717, 1.165) is 22.6 Å². The molecular formula is C15H19ClN2O2S2. The second kappa shape index (κ2) is 8.08. The van der Waals surface area contributed by atoms with Crippen LogP contribution in [-0.4, -0.2) is 24.7 Å². The maximum atomic E-state index is 12.4. The first-order chi connectivity index (χ1) is 10.3. The molecule has 2 aromatic rings. The van der Waals surface area contributed by atoms with E-state index >= 15 is 0 Å². The van der Waals surface area contributed by atoms with Gasteiger partial charge in [0.15, 0.2) is 0 Å². The summed E-state index contributed by atoms with van der Waals surface area (Å²) in [5, 5.41) is 7.18. The Labute approximate surface area is 144 Å². The maximum absolute atomic E-state index is 12.4. The summed E-state index contributed by atoms with van der Waals surface area (Å²) in [4.78, 5) is 14.7. The van der Waals surface area contributed by atoms with E-state index in [1.165, 1.54) is 0 Å². The molecule has 2 aromatic heterocycles. The van der Waals surface area contributed by atoms with Gasteiger partial charge in [-0.3, -0.25) is 4.79 Å². The van der Waals surface area contributed by atoms with E-state index in [2.05, 4.69) is 5.32 Å². The lowest BCUT2D eigenvalue weighted by Crippen LogP contribution is -2.37. The number of amides is 1. The SMILES string of the molecule is Cl.NC[C@H]1CC[C@@H](C(=O)NC(c2cccs2)c2cccs2)O1. The highest BCUT2D eigenvalue weighted by molar-refractivity contribution is 7.11. The quantitative estimate of drug-likeness (QED) is 0.863. The van der Waals surface area contributed by atoms with Gasteiger partial charge in [-0.05, 0) is 35.7 Å². The summed E-state index contributed by atoms with van der Waals surface area (Å²) in [5.74, 6) is -0.0437. The van der Waals surface area contributed by atoms with Gasteiger partial charge >= 0.3 is 0 Å². The van der Waals surface area contributed by atoms with Crippen LogP contribution in [0.4, 0.5) is 0 Å². The van der Waals surface area contributed by atoms with Crippen molar-refractivity contribution in [1.29, 1.82) is 0 Å². The van der Waals surface area contributed by atoms with E-state index in [1.807, 2.05) is 35.0 Å². The van der Waals surface area contributed by atoms with Gasteiger partial charge in [-0.2, -0.15) is 0 Å². The minimum atomic E-state index is -0.374. The molecule has 0 aromatic carbocycles. The van der Waals surface area contributed by atoms with Crippen LogP contribution in [0.2, 0.25) is 0 Å². The van der Waals surface area contributed by atoms with E-state index in [1.54, 1.807) is 22.7 Å². The molecule has 2 atom stereocenters. The number of halogens is 1. The summed E-state index contributed by atoms with van der Waals surface area (Å²) in [7, 11) is 0. The highest BCUT2D eigenvalue weighted by Crippen LogP contribution is 2.30. The zero-order valence-corrected chi connectivity index (χ0v) is 14.4. The number of nitrogens with two attached hydrogens (primary N) is 1. The van der Waals surface area contributed by atoms with Crippen molar-refractivity contribution in [2.45, 2.75) is 31.1 Å². The zero-order valence-electron chi connectivity index (χ0n) is 11.9. The largest absolute Gasteiger partial charge is 0.364 e. The Morgan fingerprint density at radius 2 is 1.91 bits per heavy atom. The Kier molecular flexibility index (Phi) is 6.40. The van der Waals surface area contributed by atoms with Gasteiger partial charge in [0.1, 0.15) is 6.10 Å². The normalized spacial score (nSPS) is 20.8. The van der Waals surface area contributed by atoms with Crippen molar-refractivity contribution in [1.82, 2.24) is 5.32 Å². The molecule has 0 spiro atoms. The molecule has 0 saturated carbocycles. The van der Waals surface area contributed by atoms with Crippen molar-refractivity contribution < 1.29 is 9.53 Å². The minimum absolute atomic E-state index is 0. The number of carbonyl (C=O) groups excluding carboxylic acids is 1. The predicted molar refractivity (Wildman–Crippen MR) is 92.8 cm³/mol. The molecule has 1 aliphatic heterocycles. The van der Waals surface area contributed by atoms with Crippen molar-refractivity contribution in [2.24, 2.45) is 5.73 Å². The lowest BCUT2D eigenvalue weighted by molar-refractivity contribution is -0.132. The van der Waals surface area contributed by atoms with Crippen LogP contribution in [0.25, 0.3) is 0 Å². The van der Waals surface area contributed by atoms with Crippen molar-refractivity contribution in [3.63, 3.8) is 0 Å². The predicted octanol–water partition coefficient (Wildman–Crippen LogP) is 2.94. The number of hydrogen-bond donors (Lipinski definition) is 2. The van der Waals surface area contributed by atoms with Crippen LogP contribution in [0.15, 0.2) is 35.0 Å². The van der Waals surface area contributed by atoms with E-state index < -0.39 is 0 Å². The molecule has 1 amide bonds. The van der Waals surface area contributed by atoms with Gasteiger partial charge in [-0.15, -0.1) is 35.1 Å². The summed E-state index contributed by atoms with van der Waals surface area (Å²) in [5.41, 5.74) is 5.60. The fourth-order valence-corrected chi connectivity index (χ4v) is 4.16. The van der Waals surface area contributed by atoms with Gasteiger partial charge in [0, 0.05) is 16.3 Å². The van der Waals surface area contributed by atoms with Crippen LogP contribution in [-0.2, 0) is 9.53 Å². The fraction of sp³-hybridized carbons (Fsp3) is 0.400. The number of carbonyl (C=O) groups is 1. The van der Waals surface area contributed by atoms with Gasteiger partial charge in [0.2, 0.25) is 5.91 Å². The Balaban J connectivity index is 0.00000176. The van der Waals surface area contributed by atoms with Gasteiger partial charge in [0.05, 0.1) is 12.1 Å². The smallest absolute Gasteiger partial charge is 0.249 e. The van der Waals surface area contributed by atoms with Crippen molar-refractivity contribution in [3.05, 3.63) is 44.8 Å². The second-order valence-electron chi connectivity index (χ2n) is 5.03. The Bertz CT molecular complexity index is 540. The maximum Gasteiger partial charge on any atom is 0.249 e. The standard InChI is InChI=1S/C15H18N2O2S2.ClH/c16-9-10-5-6-11(19-10)15(18)17-14(12-3-1-7-20-12)13-4-2-8-21-13;/h1-4,7-8,10-11,14H,5-6,9,16H2,(H,17,18);1H/t10-,11+;/m1./s1. The molecule has 4 nitrogen and oxygen atoms in total. The average molecular weight is 359 g/mol. The molecule has 0 bridgehead atoms. The summed E-state index contributed by atoms with van der Waals surface area (Å²) < 4.78 is 5.68. The van der Waals surface area contributed by atoms with E-state index in [0.29, 0.717) is 6.54 Å². The van der Waals surface area contributed by atoms with Crippen LogP contribution >= 0.6 is 35.1 Å². The van der Waals surface area contributed by atoms with Crippen molar-refractivity contribution in [2.75, 3.05) is 6.54 Å². The molecule has 0 unspecified atom stereocenters. The third kappa shape index (κ3) is 3.88. The van der Waals surface area contributed by atoms with Crippen molar-refractivity contribution in [3.8, 4) is 0 Å². The summed E-state index contributed by atoms with van der Waals surface area (Å²) in [6, 6.07) is 8.02. The van der Waals surface area contributed by atoms with E-state index in [4.69, 9.17) is 10.5 Å².